The first-order chi connectivity index (χ1) is 14.8. The van der Waals surface area contributed by atoms with Crippen molar-refractivity contribution in [2.45, 2.75) is 25.8 Å². The zero-order chi connectivity index (χ0) is 22.3. The number of benzene rings is 2. The molecule has 7 nitrogen and oxygen atoms in total. The van der Waals surface area contributed by atoms with E-state index in [4.69, 9.17) is 4.74 Å². The summed E-state index contributed by atoms with van der Waals surface area (Å²) in [5, 5.41) is 10.1. The van der Waals surface area contributed by atoms with Crippen LogP contribution in [0.25, 0.3) is 0 Å². The Bertz CT molecular complexity index is 1170. The molecule has 0 bridgehead atoms. The molecule has 0 fully saturated rings. The lowest BCUT2D eigenvalue weighted by molar-refractivity contribution is -0.118. The summed E-state index contributed by atoms with van der Waals surface area (Å²) in [6.07, 6.45) is 0. The van der Waals surface area contributed by atoms with Crippen molar-refractivity contribution in [3.63, 3.8) is 0 Å². The molecular weight excluding hydrogens is 399 g/mol. The summed E-state index contributed by atoms with van der Waals surface area (Å²) in [5.74, 6) is -1.30. The Balaban J connectivity index is 1.79. The molecule has 3 aromatic rings. The van der Waals surface area contributed by atoms with E-state index in [-0.39, 0.29) is 11.7 Å². The average molecular weight is 422 g/mol. The van der Waals surface area contributed by atoms with Gasteiger partial charge in [-0.2, -0.15) is 5.10 Å². The van der Waals surface area contributed by atoms with Crippen molar-refractivity contribution >= 4 is 17.6 Å². The molecule has 0 saturated heterocycles. The maximum Gasteiger partial charge on any atom is 0.251 e. The van der Waals surface area contributed by atoms with Gasteiger partial charge in [-0.15, -0.1) is 0 Å². The standard InChI is InChI=1S/C23H23FN4O3/c1-12-5-7-14(8-6-12)22(29)25-20-19(15-9-10-17(31-4)16(24)11-15)18-13(2)27-28(3)21(18)26-23(20)30/h5-11,19-20H,1-4H3,(H,25,29)(H,26,30)/t19-,20-/m0/s1. The molecule has 1 aliphatic heterocycles. The van der Waals surface area contributed by atoms with Gasteiger partial charge in [0.25, 0.3) is 5.91 Å². The Morgan fingerprint density at radius 2 is 1.90 bits per heavy atom. The second kappa shape index (κ2) is 7.86. The van der Waals surface area contributed by atoms with Gasteiger partial charge in [-0.3, -0.25) is 14.3 Å². The van der Waals surface area contributed by atoms with Crippen LogP contribution >= 0.6 is 0 Å². The van der Waals surface area contributed by atoms with E-state index in [9.17, 15) is 14.0 Å². The normalized spacial score (nSPS) is 17.6. The number of nitrogens with zero attached hydrogens (tertiary/aromatic N) is 2. The topological polar surface area (TPSA) is 85.2 Å². The number of hydrogen-bond donors (Lipinski definition) is 2. The van der Waals surface area contributed by atoms with Gasteiger partial charge in [0.15, 0.2) is 11.6 Å². The first kappa shape index (κ1) is 20.6. The molecule has 1 aliphatic rings. The third-order valence-corrected chi connectivity index (χ3v) is 5.57. The summed E-state index contributed by atoms with van der Waals surface area (Å²) in [5.41, 5.74) is 3.43. The maximum atomic E-state index is 14.5. The first-order valence-electron chi connectivity index (χ1n) is 9.85. The highest BCUT2D eigenvalue weighted by Gasteiger charge is 2.41. The molecule has 2 heterocycles. The monoisotopic (exact) mass is 422 g/mol. The van der Waals surface area contributed by atoms with E-state index in [1.807, 2.05) is 26.0 Å². The summed E-state index contributed by atoms with van der Waals surface area (Å²) < 4.78 is 21.1. The fourth-order valence-corrected chi connectivity index (χ4v) is 4.02. The number of amides is 2. The van der Waals surface area contributed by atoms with Gasteiger partial charge in [0.05, 0.1) is 12.8 Å². The summed E-state index contributed by atoms with van der Waals surface area (Å²) in [4.78, 5) is 26.0. The van der Waals surface area contributed by atoms with Crippen molar-refractivity contribution in [2.75, 3.05) is 12.4 Å². The van der Waals surface area contributed by atoms with Crippen LogP contribution in [0.15, 0.2) is 42.5 Å². The van der Waals surface area contributed by atoms with Gasteiger partial charge in [-0.1, -0.05) is 23.8 Å². The van der Waals surface area contributed by atoms with Crippen molar-refractivity contribution in [2.24, 2.45) is 7.05 Å². The Morgan fingerprint density at radius 1 is 1.19 bits per heavy atom. The van der Waals surface area contributed by atoms with Crippen molar-refractivity contribution in [1.82, 2.24) is 15.1 Å². The zero-order valence-electron chi connectivity index (χ0n) is 17.7. The van der Waals surface area contributed by atoms with Crippen LogP contribution in [0.3, 0.4) is 0 Å². The first-order valence-corrected chi connectivity index (χ1v) is 9.85. The highest BCUT2D eigenvalue weighted by molar-refractivity contribution is 6.03. The predicted molar refractivity (Wildman–Crippen MR) is 114 cm³/mol. The van der Waals surface area contributed by atoms with Gasteiger partial charge in [0.1, 0.15) is 11.9 Å². The lowest BCUT2D eigenvalue weighted by atomic mass is 9.81. The number of carbonyl (C=O) groups is 2. The molecule has 2 aromatic carbocycles. The second-order valence-corrected chi connectivity index (χ2v) is 7.65. The van der Waals surface area contributed by atoms with Crippen molar-refractivity contribution < 1.29 is 18.7 Å². The SMILES string of the molecule is COc1ccc([C@H]2c3c(C)nn(C)c3NC(=O)[C@H]2NC(=O)c2ccc(C)cc2)cc1F. The maximum absolute atomic E-state index is 14.5. The number of carbonyl (C=O) groups excluding carboxylic acids is 2. The lowest BCUT2D eigenvalue weighted by Crippen LogP contribution is -2.50. The Hall–Kier alpha value is -3.68. The number of halogens is 1. The van der Waals surface area contributed by atoms with E-state index < -0.39 is 23.7 Å². The molecule has 1 aromatic heterocycles. The van der Waals surface area contributed by atoms with Crippen LogP contribution in [0.2, 0.25) is 0 Å². The minimum absolute atomic E-state index is 0.104. The minimum atomic E-state index is -0.947. The Morgan fingerprint density at radius 3 is 2.55 bits per heavy atom. The minimum Gasteiger partial charge on any atom is -0.494 e. The van der Waals surface area contributed by atoms with Crippen LogP contribution in [-0.4, -0.2) is 34.7 Å². The molecule has 0 spiro atoms. The van der Waals surface area contributed by atoms with Crippen LogP contribution in [0, 0.1) is 19.7 Å². The Labute approximate surface area is 179 Å². The third-order valence-electron chi connectivity index (χ3n) is 5.57. The van der Waals surface area contributed by atoms with Crippen LogP contribution in [0.1, 0.15) is 38.7 Å². The number of hydrogen-bond acceptors (Lipinski definition) is 4. The summed E-state index contributed by atoms with van der Waals surface area (Å²) >= 11 is 0. The molecule has 2 amide bonds. The van der Waals surface area contributed by atoms with E-state index in [1.54, 1.807) is 29.9 Å². The quantitative estimate of drug-likeness (QED) is 0.677. The number of nitrogens with one attached hydrogen (secondary N) is 2. The number of ether oxygens (including phenoxy) is 1. The molecule has 8 heteroatoms. The molecule has 160 valence electrons. The molecule has 2 atom stereocenters. The van der Waals surface area contributed by atoms with E-state index in [0.717, 1.165) is 11.1 Å². The zero-order valence-corrected chi connectivity index (χ0v) is 17.7. The Kier molecular flexibility index (Phi) is 5.22. The average Bonchev–Trinajstić information content (AvgIpc) is 3.02. The molecule has 2 N–H and O–H groups in total. The van der Waals surface area contributed by atoms with Gasteiger partial charge >= 0.3 is 0 Å². The molecule has 0 unspecified atom stereocenters. The molecule has 0 aliphatic carbocycles. The molecule has 31 heavy (non-hydrogen) atoms. The lowest BCUT2D eigenvalue weighted by Gasteiger charge is -2.32. The number of methoxy groups -OCH3 is 1. The number of fused-ring (bicyclic) bond motifs is 1. The van der Waals surface area contributed by atoms with Crippen molar-refractivity contribution in [3.8, 4) is 5.75 Å². The third kappa shape index (κ3) is 3.65. The number of rotatable bonds is 4. The van der Waals surface area contributed by atoms with E-state index in [1.165, 1.54) is 19.2 Å². The second-order valence-electron chi connectivity index (χ2n) is 7.65. The molecule has 0 radical (unpaired) electrons. The van der Waals surface area contributed by atoms with Gasteiger partial charge in [0, 0.05) is 24.1 Å². The van der Waals surface area contributed by atoms with Crippen LogP contribution < -0.4 is 15.4 Å². The van der Waals surface area contributed by atoms with Crippen LogP contribution in [0.5, 0.6) is 5.75 Å². The predicted octanol–water partition coefficient (Wildman–Crippen LogP) is 3.07. The fourth-order valence-electron chi connectivity index (χ4n) is 4.02. The summed E-state index contributed by atoms with van der Waals surface area (Å²) in [6.45, 7) is 3.75. The van der Waals surface area contributed by atoms with Crippen LogP contribution in [0.4, 0.5) is 10.2 Å². The number of aromatic nitrogens is 2. The van der Waals surface area contributed by atoms with E-state index in [0.29, 0.717) is 22.6 Å². The van der Waals surface area contributed by atoms with Crippen LogP contribution in [-0.2, 0) is 11.8 Å². The highest BCUT2D eigenvalue weighted by Crippen LogP contribution is 2.40. The van der Waals surface area contributed by atoms with E-state index >= 15 is 0 Å². The summed E-state index contributed by atoms with van der Waals surface area (Å²) in [7, 11) is 3.11. The number of anilines is 1. The van der Waals surface area contributed by atoms with E-state index in [2.05, 4.69) is 15.7 Å². The van der Waals surface area contributed by atoms with Gasteiger partial charge in [-0.05, 0) is 43.7 Å². The fraction of sp³-hybridized carbons (Fsp3) is 0.261. The smallest absolute Gasteiger partial charge is 0.251 e. The number of aryl methyl sites for hydroxylation is 3. The van der Waals surface area contributed by atoms with Gasteiger partial charge in [-0.25, -0.2) is 4.39 Å². The molecule has 4 rings (SSSR count). The molecule has 0 saturated carbocycles. The van der Waals surface area contributed by atoms with Crippen molar-refractivity contribution in [1.29, 1.82) is 0 Å². The largest absolute Gasteiger partial charge is 0.494 e. The highest BCUT2D eigenvalue weighted by atomic mass is 19.1. The van der Waals surface area contributed by atoms with Gasteiger partial charge < -0.3 is 15.4 Å². The van der Waals surface area contributed by atoms with Gasteiger partial charge in [0.2, 0.25) is 5.91 Å². The van der Waals surface area contributed by atoms with Crippen molar-refractivity contribution in [3.05, 3.63) is 76.2 Å². The molecular formula is C23H23FN4O3. The summed E-state index contributed by atoms with van der Waals surface area (Å²) in [6, 6.07) is 10.7.